The van der Waals surface area contributed by atoms with Gasteiger partial charge in [0.25, 0.3) is 0 Å². The highest BCUT2D eigenvalue weighted by Crippen LogP contribution is 2.16. The van der Waals surface area contributed by atoms with E-state index < -0.39 is 6.09 Å². The Balaban J connectivity index is 2.85. The maximum Gasteiger partial charge on any atom is 0.411 e. The quantitative estimate of drug-likeness (QED) is 0.738. The molecule has 1 rings (SSSR count). The molecule has 5 nitrogen and oxygen atoms in total. The van der Waals surface area contributed by atoms with Gasteiger partial charge in [0.1, 0.15) is 0 Å². The molecule has 1 aromatic rings. The molecule has 1 aromatic heterocycles. The van der Waals surface area contributed by atoms with Gasteiger partial charge in [-0.25, -0.2) is 4.79 Å². The maximum absolute atomic E-state index is 10.3. The number of halogens is 1. The van der Waals surface area contributed by atoms with E-state index in [0.29, 0.717) is 10.4 Å². The van der Waals surface area contributed by atoms with Crippen molar-refractivity contribution < 1.29 is 9.53 Å². The normalized spacial score (nSPS) is 9.64. The molecule has 0 bridgehead atoms. The highest BCUT2D eigenvalue weighted by Gasteiger charge is 2.07. The van der Waals surface area contributed by atoms with Crippen LogP contribution in [0.1, 0.15) is 5.69 Å². The van der Waals surface area contributed by atoms with Crippen LogP contribution in [0, 0.1) is 6.92 Å². The first-order valence-electron chi connectivity index (χ1n) is 2.79. The number of nitrogens with two attached hydrogens (primary N) is 1. The summed E-state index contributed by atoms with van der Waals surface area (Å²) in [6.07, 6.45) is -0.868. The SMILES string of the molecule is Cc1[nH]c(Br)nc1OC(N)=O. The monoisotopic (exact) mass is 219 g/mol. The van der Waals surface area contributed by atoms with Gasteiger partial charge in [0.05, 0.1) is 5.69 Å². The summed E-state index contributed by atoms with van der Waals surface area (Å²) in [6.45, 7) is 1.72. The fraction of sp³-hybridized carbons (Fsp3) is 0.200. The van der Waals surface area contributed by atoms with Crippen molar-refractivity contribution in [2.45, 2.75) is 6.92 Å². The molecular weight excluding hydrogens is 214 g/mol. The lowest BCUT2D eigenvalue weighted by Crippen LogP contribution is -2.16. The molecule has 0 aliphatic heterocycles. The molecule has 11 heavy (non-hydrogen) atoms. The number of ether oxygens (including phenoxy) is 1. The van der Waals surface area contributed by atoms with Crippen LogP contribution in [0.15, 0.2) is 4.73 Å². The second kappa shape index (κ2) is 2.91. The Morgan fingerprint density at radius 2 is 2.45 bits per heavy atom. The molecule has 0 spiro atoms. The lowest BCUT2D eigenvalue weighted by molar-refractivity contribution is 0.209. The summed E-state index contributed by atoms with van der Waals surface area (Å²) < 4.78 is 5.04. The van der Waals surface area contributed by atoms with E-state index in [2.05, 4.69) is 30.6 Å². The molecule has 3 N–H and O–H groups in total. The average Bonchev–Trinajstić information content (AvgIpc) is 2.09. The van der Waals surface area contributed by atoms with Crippen molar-refractivity contribution in [1.82, 2.24) is 9.97 Å². The number of hydrogen-bond donors (Lipinski definition) is 2. The number of nitrogens with zero attached hydrogens (tertiary/aromatic N) is 1. The Kier molecular flexibility index (Phi) is 2.13. The summed E-state index contributed by atoms with van der Waals surface area (Å²) in [5.41, 5.74) is 5.42. The van der Waals surface area contributed by atoms with Crippen molar-refractivity contribution in [2.24, 2.45) is 5.73 Å². The van der Waals surface area contributed by atoms with Gasteiger partial charge in [-0.05, 0) is 22.9 Å². The van der Waals surface area contributed by atoms with Crippen LogP contribution in [0.4, 0.5) is 4.79 Å². The highest BCUT2D eigenvalue weighted by molar-refractivity contribution is 9.10. The number of rotatable bonds is 1. The number of imidazole rings is 1. The number of aromatic nitrogens is 2. The second-order valence-corrected chi connectivity index (χ2v) is 2.63. The average molecular weight is 220 g/mol. The van der Waals surface area contributed by atoms with Crippen LogP contribution in [0.2, 0.25) is 0 Å². The Labute approximate surface area is 71.1 Å². The van der Waals surface area contributed by atoms with Gasteiger partial charge in [0.15, 0.2) is 4.73 Å². The molecule has 0 atom stereocenters. The third-order valence-corrected chi connectivity index (χ3v) is 1.38. The molecule has 0 radical (unpaired) electrons. The molecule has 0 fully saturated rings. The first-order valence-corrected chi connectivity index (χ1v) is 3.58. The largest absolute Gasteiger partial charge is 0.411 e. The number of amides is 1. The van der Waals surface area contributed by atoms with E-state index in [9.17, 15) is 4.79 Å². The van der Waals surface area contributed by atoms with Crippen LogP contribution in [-0.4, -0.2) is 16.1 Å². The van der Waals surface area contributed by atoms with Crippen molar-refractivity contribution in [3.8, 4) is 5.88 Å². The number of hydrogen-bond acceptors (Lipinski definition) is 3. The second-order valence-electron chi connectivity index (χ2n) is 1.88. The van der Waals surface area contributed by atoms with E-state index in [1.165, 1.54) is 0 Å². The number of aryl methyl sites for hydroxylation is 1. The third-order valence-electron chi connectivity index (χ3n) is 1.01. The first-order chi connectivity index (χ1) is 5.09. The molecule has 1 amide bonds. The van der Waals surface area contributed by atoms with E-state index in [4.69, 9.17) is 5.73 Å². The van der Waals surface area contributed by atoms with E-state index in [-0.39, 0.29) is 5.88 Å². The highest BCUT2D eigenvalue weighted by atomic mass is 79.9. The minimum absolute atomic E-state index is 0.198. The molecular formula is C5H6BrN3O2. The summed E-state index contributed by atoms with van der Waals surface area (Å²) in [5, 5.41) is 0. The minimum atomic E-state index is -0.868. The van der Waals surface area contributed by atoms with Crippen LogP contribution >= 0.6 is 15.9 Å². The van der Waals surface area contributed by atoms with Crippen LogP contribution in [0.5, 0.6) is 5.88 Å². The summed E-state index contributed by atoms with van der Waals surface area (Å²) in [6, 6.07) is 0. The van der Waals surface area contributed by atoms with E-state index in [1.54, 1.807) is 6.92 Å². The molecule has 60 valence electrons. The maximum atomic E-state index is 10.3. The molecule has 6 heteroatoms. The Morgan fingerprint density at radius 1 is 1.82 bits per heavy atom. The smallest absolute Gasteiger partial charge is 0.389 e. The fourth-order valence-electron chi connectivity index (χ4n) is 0.604. The number of carbonyl (C=O) groups excluding carboxylic acids is 1. The van der Waals surface area contributed by atoms with Gasteiger partial charge >= 0.3 is 6.09 Å². The van der Waals surface area contributed by atoms with Crippen molar-refractivity contribution in [3.63, 3.8) is 0 Å². The summed E-state index contributed by atoms with van der Waals surface area (Å²) in [5.74, 6) is 0.198. The lowest BCUT2D eigenvalue weighted by atomic mass is 10.5. The topological polar surface area (TPSA) is 81.0 Å². The minimum Gasteiger partial charge on any atom is -0.389 e. The Morgan fingerprint density at radius 3 is 2.82 bits per heavy atom. The van der Waals surface area contributed by atoms with Gasteiger partial charge in [-0.2, -0.15) is 4.98 Å². The van der Waals surface area contributed by atoms with Gasteiger partial charge in [0, 0.05) is 0 Å². The number of nitrogens with one attached hydrogen (secondary N) is 1. The standard InChI is InChI=1S/C5H6BrN3O2/c1-2-3(11-5(7)10)9-4(6)8-2/h1H3,(H2,7,10)(H,8,9). The van der Waals surface area contributed by atoms with Gasteiger partial charge in [-0.1, -0.05) is 0 Å². The van der Waals surface area contributed by atoms with E-state index >= 15 is 0 Å². The zero-order chi connectivity index (χ0) is 8.43. The molecule has 0 aliphatic rings. The molecule has 0 unspecified atom stereocenters. The molecule has 0 aromatic carbocycles. The van der Waals surface area contributed by atoms with Crippen LogP contribution in [0.3, 0.4) is 0 Å². The summed E-state index contributed by atoms with van der Waals surface area (Å²) in [4.78, 5) is 16.8. The van der Waals surface area contributed by atoms with Crippen LogP contribution in [0.25, 0.3) is 0 Å². The van der Waals surface area contributed by atoms with Gasteiger partial charge < -0.3 is 15.5 Å². The summed E-state index contributed by atoms with van der Waals surface area (Å²) >= 11 is 3.07. The van der Waals surface area contributed by atoms with Crippen molar-refractivity contribution >= 4 is 22.0 Å². The van der Waals surface area contributed by atoms with Crippen molar-refractivity contribution in [3.05, 3.63) is 10.4 Å². The first kappa shape index (κ1) is 8.06. The molecule has 1 heterocycles. The predicted molar refractivity (Wildman–Crippen MR) is 41.2 cm³/mol. The molecule has 0 aliphatic carbocycles. The van der Waals surface area contributed by atoms with Gasteiger partial charge in [-0.3, -0.25) is 0 Å². The molecule has 0 saturated heterocycles. The zero-order valence-corrected chi connectivity index (χ0v) is 7.31. The van der Waals surface area contributed by atoms with Gasteiger partial charge in [-0.15, -0.1) is 0 Å². The fourth-order valence-corrected chi connectivity index (χ4v) is 1.06. The van der Waals surface area contributed by atoms with Crippen LogP contribution in [-0.2, 0) is 0 Å². The van der Waals surface area contributed by atoms with E-state index in [1.807, 2.05) is 0 Å². The summed E-state index contributed by atoms with van der Waals surface area (Å²) in [7, 11) is 0. The van der Waals surface area contributed by atoms with Crippen molar-refractivity contribution in [2.75, 3.05) is 0 Å². The third kappa shape index (κ3) is 1.94. The van der Waals surface area contributed by atoms with Gasteiger partial charge in [0.2, 0.25) is 5.88 Å². The number of H-pyrrole nitrogens is 1. The number of primary amides is 1. The van der Waals surface area contributed by atoms with Crippen LogP contribution < -0.4 is 10.5 Å². The number of aromatic amines is 1. The molecule has 0 saturated carbocycles. The lowest BCUT2D eigenvalue weighted by Gasteiger charge is -1.94. The predicted octanol–water partition coefficient (Wildman–Crippen LogP) is 0.938. The Hall–Kier alpha value is -1.04. The van der Waals surface area contributed by atoms with E-state index in [0.717, 1.165) is 0 Å². The van der Waals surface area contributed by atoms with Crippen molar-refractivity contribution in [1.29, 1.82) is 0 Å². The zero-order valence-electron chi connectivity index (χ0n) is 5.72. The Bertz CT molecular complexity index is 283. The number of carbonyl (C=O) groups is 1.